The molecule has 1 aliphatic rings. The zero-order valence-electron chi connectivity index (χ0n) is 11.7. The molecule has 108 valence electrons. The zero-order chi connectivity index (χ0) is 15.1. The molecule has 0 aliphatic heterocycles. The maximum absolute atomic E-state index is 11.7. The van der Waals surface area contributed by atoms with Crippen LogP contribution in [0.3, 0.4) is 0 Å². The predicted molar refractivity (Wildman–Crippen MR) is 84.0 cm³/mol. The molecule has 2 aromatic heterocycles. The van der Waals surface area contributed by atoms with Crippen LogP contribution in [-0.4, -0.2) is 14.9 Å². The van der Waals surface area contributed by atoms with Crippen LogP contribution >= 0.6 is 0 Å². The minimum Gasteiger partial charge on any atom is -0.360 e. The number of rotatable bonds is 2. The van der Waals surface area contributed by atoms with Crippen LogP contribution in [0.4, 0.5) is 0 Å². The highest BCUT2D eigenvalue weighted by atomic mass is 16.6. The third kappa shape index (κ3) is 1.83. The van der Waals surface area contributed by atoms with Gasteiger partial charge in [-0.15, -0.1) is 0 Å². The van der Waals surface area contributed by atoms with E-state index in [9.17, 15) is 10.1 Å². The van der Waals surface area contributed by atoms with Crippen molar-refractivity contribution in [2.45, 2.75) is 12.3 Å². The summed E-state index contributed by atoms with van der Waals surface area (Å²) in [5.41, 5.74) is 2.06. The number of H-pyrrole nitrogens is 1. The molecule has 0 radical (unpaired) electrons. The van der Waals surface area contributed by atoms with Gasteiger partial charge in [-0.25, -0.2) is 0 Å². The molecule has 1 unspecified atom stereocenters. The molecule has 0 amide bonds. The van der Waals surface area contributed by atoms with Crippen molar-refractivity contribution in [3.8, 4) is 0 Å². The van der Waals surface area contributed by atoms with Gasteiger partial charge in [-0.1, -0.05) is 24.3 Å². The van der Waals surface area contributed by atoms with Crippen molar-refractivity contribution in [3.63, 3.8) is 0 Å². The molecular formula is C17H13N3O2. The lowest BCUT2D eigenvalue weighted by molar-refractivity contribution is -0.383. The normalized spacial score (nSPS) is 17.1. The second kappa shape index (κ2) is 4.80. The van der Waals surface area contributed by atoms with Gasteiger partial charge in [0.2, 0.25) is 0 Å². The zero-order valence-corrected chi connectivity index (χ0v) is 11.7. The summed E-state index contributed by atoms with van der Waals surface area (Å²) in [7, 11) is 0. The fourth-order valence-electron chi connectivity index (χ4n) is 3.23. The molecule has 0 saturated carbocycles. The molecule has 1 atom stereocenters. The Morgan fingerprint density at radius 1 is 1.23 bits per heavy atom. The van der Waals surface area contributed by atoms with Crippen LogP contribution in [0.1, 0.15) is 17.9 Å². The van der Waals surface area contributed by atoms with Gasteiger partial charge in [0.25, 0.3) is 5.70 Å². The maximum Gasteiger partial charge on any atom is 0.261 e. The number of aromatic amines is 1. The summed E-state index contributed by atoms with van der Waals surface area (Å²) in [6, 6.07) is 9.44. The number of benzene rings is 1. The van der Waals surface area contributed by atoms with Gasteiger partial charge in [-0.3, -0.25) is 15.1 Å². The number of nitrogens with zero attached hydrogens (tertiary/aromatic N) is 2. The molecule has 0 saturated heterocycles. The number of hydrogen-bond donors (Lipinski definition) is 1. The lowest BCUT2D eigenvalue weighted by atomic mass is 9.87. The summed E-state index contributed by atoms with van der Waals surface area (Å²) in [4.78, 5) is 18.8. The molecule has 1 aromatic carbocycles. The minimum atomic E-state index is -0.281. The van der Waals surface area contributed by atoms with Crippen LogP contribution in [0.15, 0.2) is 48.9 Å². The molecule has 0 bridgehead atoms. The Bertz CT molecular complexity index is 1000. The van der Waals surface area contributed by atoms with E-state index in [-0.39, 0.29) is 16.5 Å². The second-order valence-electron chi connectivity index (χ2n) is 5.39. The largest absolute Gasteiger partial charge is 0.360 e. The van der Waals surface area contributed by atoms with Crippen molar-refractivity contribution < 1.29 is 4.92 Å². The molecule has 1 N–H and O–H groups in total. The molecule has 22 heavy (non-hydrogen) atoms. The number of fused-ring (bicyclic) bond motifs is 2. The molecule has 5 heteroatoms. The summed E-state index contributed by atoms with van der Waals surface area (Å²) in [6.07, 6.45) is 8.00. The van der Waals surface area contributed by atoms with Crippen LogP contribution in [-0.2, 0) is 0 Å². The van der Waals surface area contributed by atoms with Crippen LogP contribution in [0, 0.1) is 10.1 Å². The SMILES string of the molecule is O=[N+]([O-])C1=c2ccccc2=CCC1c1cncc2[nH]ccc12. The van der Waals surface area contributed by atoms with Gasteiger partial charge in [-0.2, -0.15) is 0 Å². The lowest BCUT2D eigenvalue weighted by Gasteiger charge is -2.17. The number of hydrogen-bond acceptors (Lipinski definition) is 3. The lowest BCUT2D eigenvalue weighted by Crippen LogP contribution is -2.34. The van der Waals surface area contributed by atoms with E-state index >= 15 is 0 Å². The summed E-state index contributed by atoms with van der Waals surface area (Å²) >= 11 is 0. The van der Waals surface area contributed by atoms with Crippen LogP contribution < -0.4 is 10.4 Å². The van der Waals surface area contributed by atoms with Crippen LogP contribution in [0.2, 0.25) is 0 Å². The molecule has 1 aliphatic carbocycles. The van der Waals surface area contributed by atoms with Crippen LogP contribution in [0.5, 0.6) is 0 Å². The third-order valence-corrected chi connectivity index (χ3v) is 4.22. The molecule has 0 fully saturated rings. The second-order valence-corrected chi connectivity index (χ2v) is 5.39. The van der Waals surface area contributed by atoms with Crippen molar-refractivity contribution in [2.75, 3.05) is 0 Å². The first-order chi connectivity index (χ1) is 10.8. The number of nitro groups is 1. The first-order valence-electron chi connectivity index (χ1n) is 7.10. The van der Waals surface area contributed by atoms with Gasteiger partial charge < -0.3 is 4.98 Å². The van der Waals surface area contributed by atoms with Gasteiger partial charge in [0, 0.05) is 17.8 Å². The molecule has 4 rings (SSSR count). The quantitative estimate of drug-likeness (QED) is 0.579. The Kier molecular flexibility index (Phi) is 2.79. The number of nitrogens with one attached hydrogen (secondary N) is 1. The summed E-state index contributed by atoms with van der Waals surface area (Å²) < 4.78 is 0. The minimum absolute atomic E-state index is 0.248. The fourth-order valence-corrected chi connectivity index (χ4v) is 3.23. The van der Waals surface area contributed by atoms with E-state index in [1.54, 1.807) is 12.4 Å². The van der Waals surface area contributed by atoms with E-state index in [2.05, 4.69) is 16.0 Å². The maximum atomic E-state index is 11.7. The fraction of sp³-hybridized carbons (Fsp3) is 0.118. The smallest absolute Gasteiger partial charge is 0.261 e. The highest BCUT2D eigenvalue weighted by Gasteiger charge is 2.30. The van der Waals surface area contributed by atoms with E-state index in [1.165, 1.54) is 0 Å². The molecule has 5 nitrogen and oxygen atoms in total. The molecule has 2 heterocycles. The average molecular weight is 291 g/mol. The summed E-state index contributed by atoms with van der Waals surface area (Å²) in [6.45, 7) is 0. The first-order valence-corrected chi connectivity index (χ1v) is 7.10. The van der Waals surface area contributed by atoms with Gasteiger partial charge >= 0.3 is 0 Å². The Morgan fingerprint density at radius 3 is 2.95 bits per heavy atom. The van der Waals surface area contributed by atoms with E-state index in [4.69, 9.17) is 0 Å². The third-order valence-electron chi connectivity index (χ3n) is 4.22. The van der Waals surface area contributed by atoms with Crippen molar-refractivity contribution in [3.05, 3.63) is 75.0 Å². The predicted octanol–water partition coefficient (Wildman–Crippen LogP) is 1.92. The summed E-state index contributed by atoms with van der Waals surface area (Å²) in [5.74, 6) is -0.281. The van der Waals surface area contributed by atoms with Gasteiger partial charge in [0.15, 0.2) is 0 Å². The van der Waals surface area contributed by atoms with Gasteiger partial charge in [-0.05, 0) is 29.3 Å². The highest BCUT2D eigenvalue weighted by Crippen LogP contribution is 2.34. The van der Waals surface area contributed by atoms with Crippen molar-refractivity contribution in [1.29, 1.82) is 0 Å². The Hall–Kier alpha value is -2.95. The van der Waals surface area contributed by atoms with Crippen LogP contribution in [0.25, 0.3) is 22.7 Å². The molecule has 3 aromatic rings. The molecule has 0 spiro atoms. The van der Waals surface area contributed by atoms with E-state index in [0.29, 0.717) is 11.6 Å². The van der Waals surface area contributed by atoms with E-state index in [1.807, 2.05) is 36.5 Å². The number of pyridine rings is 1. The molecular weight excluding hydrogens is 278 g/mol. The highest BCUT2D eigenvalue weighted by molar-refractivity contribution is 5.84. The van der Waals surface area contributed by atoms with E-state index < -0.39 is 0 Å². The van der Waals surface area contributed by atoms with Gasteiger partial charge in [0.1, 0.15) is 0 Å². The Morgan fingerprint density at radius 2 is 2.09 bits per heavy atom. The van der Waals surface area contributed by atoms with Gasteiger partial charge in [0.05, 0.1) is 27.8 Å². The monoisotopic (exact) mass is 291 g/mol. The summed E-state index contributed by atoms with van der Waals surface area (Å²) in [5, 5.41) is 14.3. The van der Waals surface area contributed by atoms with Crippen molar-refractivity contribution in [1.82, 2.24) is 9.97 Å². The van der Waals surface area contributed by atoms with E-state index in [0.717, 1.165) is 21.7 Å². The Balaban J connectivity index is 2.03. The van der Waals surface area contributed by atoms with Crippen molar-refractivity contribution >= 4 is 22.7 Å². The first kappa shape index (κ1) is 12.8. The standard InChI is InChI=1S/C17H13N3O2/c21-20(22)17-12-4-2-1-3-11(12)5-6-14(17)15-9-18-10-16-13(15)7-8-19-16/h1-5,7-10,14,19H,6H2. The van der Waals surface area contributed by atoms with Crippen molar-refractivity contribution in [2.24, 2.45) is 0 Å². The number of aromatic nitrogens is 2. The average Bonchev–Trinajstić information content (AvgIpc) is 3.02. The Labute approximate surface area is 125 Å². The topological polar surface area (TPSA) is 71.8 Å².